The highest BCUT2D eigenvalue weighted by molar-refractivity contribution is 5.84. The number of hydrogen-bond donors (Lipinski definition) is 0. The smallest absolute Gasteiger partial charge is 0.335 e. The average Bonchev–Trinajstić information content (AvgIpc) is 3.01. The van der Waals surface area contributed by atoms with Crippen LogP contribution in [0.15, 0.2) is 111 Å². The van der Waals surface area contributed by atoms with E-state index in [-0.39, 0.29) is 5.75 Å². The highest BCUT2D eigenvalue weighted by Crippen LogP contribution is 2.41. The van der Waals surface area contributed by atoms with Gasteiger partial charge in [-0.3, -0.25) is 4.79 Å². The van der Waals surface area contributed by atoms with Gasteiger partial charge in [0.15, 0.2) is 6.26 Å². The second-order valence-electron chi connectivity index (χ2n) is 7.23. The van der Waals surface area contributed by atoms with Gasteiger partial charge in [0.2, 0.25) is 0 Å². The van der Waals surface area contributed by atoms with E-state index in [1.165, 1.54) is 13.2 Å². The molecule has 3 aromatic carbocycles. The number of halogens is 2. The highest BCUT2D eigenvalue weighted by atomic mass is 19.3. The Morgan fingerprint density at radius 1 is 0.780 bits per heavy atom. The zero-order valence-electron chi connectivity index (χ0n) is 23.1. The van der Waals surface area contributed by atoms with E-state index in [0.29, 0.717) is 46.5 Å². The van der Waals surface area contributed by atoms with Crippen LogP contribution >= 0.6 is 0 Å². The first-order valence-electron chi connectivity index (χ1n) is 11.7. The molecule has 0 N–H and O–H groups in total. The van der Waals surface area contributed by atoms with E-state index in [1.54, 1.807) is 73.8 Å². The van der Waals surface area contributed by atoms with Gasteiger partial charge in [0.25, 0.3) is 0 Å². The summed E-state index contributed by atoms with van der Waals surface area (Å²) in [4.78, 5) is 28.4. The molecule has 0 bridgehead atoms. The molecule has 0 saturated carbocycles. The lowest BCUT2D eigenvalue weighted by Crippen LogP contribution is -2.02. The zero-order chi connectivity index (χ0) is 31.2. The van der Waals surface area contributed by atoms with E-state index in [9.17, 15) is 13.6 Å². The number of carbonyl (C=O) groups excluding carboxylic acids is 3. The summed E-state index contributed by atoms with van der Waals surface area (Å²) in [6, 6.07) is 17.1. The van der Waals surface area contributed by atoms with Crippen LogP contribution in [0.1, 0.15) is 6.92 Å². The second-order valence-corrected chi connectivity index (χ2v) is 7.23. The Labute approximate surface area is 238 Å². The maximum Gasteiger partial charge on any atom is 0.335 e. The van der Waals surface area contributed by atoms with Crippen molar-refractivity contribution in [3.8, 4) is 45.3 Å². The number of rotatable bonds is 9. The number of aldehydes is 1. The number of carbonyl (C=O) groups is 3. The molecule has 0 fully saturated rings. The summed E-state index contributed by atoms with van der Waals surface area (Å²) in [5, 5.41) is 0. The quantitative estimate of drug-likeness (QED) is 0.0657. The topological polar surface area (TPSA) is 88.1 Å². The van der Waals surface area contributed by atoms with Crippen LogP contribution in [-0.2, 0) is 14.4 Å². The van der Waals surface area contributed by atoms with Crippen molar-refractivity contribution < 1.29 is 42.1 Å². The van der Waals surface area contributed by atoms with Crippen LogP contribution < -0.4 is 18.9 Å². The van der Waals surface area contributed by atoms with Gasteiger partial charge in [-0.2, -0.15) is 8.78 Å². The average molecular weight is 567 g/mol. The Balaban J connectivity index is 0.00000157. The molecule has 0 aliphatic rings. The molecule has 0 spiro atoms. The molecule has 216 valence electrons. The zero-order valence-corrected chi connectivity index (χ0v) is 23.1. The predicted molar refractivity (Wildman–Crippen MR) is 156 cm³/mol. The van der Waals surface area contributed by atoms with Crippen molar-refractivity contribution in [3.63, 3.8) is 0 Å². The lowest BCUT2D eigenvalue weighted by Gasteiger charge is -2.16. The SMILES string of the molecule is C=CC.C=CC(=O)Oc1ccc(-c2cc(OC=C(F)F)c(-c3ccc(OC)cc3)cc2OC)cc1.C=CC=O.C=O. The van der Waals surface area contributed by atoms with E-state index in [4.69, 9.17) is 28.5 Å². The fraction of sp³-hybridized carbons (Fsp3) is 0.0938. The molecular formula is C32H32F2O7. The van der Waals surface area contributed by atoms with Gasteiger partial charge in [-0.05, 0) is 60.5 Å². The molecule has 3 rings (SSSR count). The standard InChI is InChI=1S/C25H20F2O5.C3H4O.C3H6.CH2O/c1-4-25(28)32-19-11-7-16(8-12-19)20-14-23(31-15-24(26)27)21(13-22(20)30-3)17-5-9-18(29-2)10-6-17;1-2-3-4;1-3-2;1-2/h4-15H,1H2,2-3H3;2-3H,1H2;3H,1H2,2H3;1H2. The maximum atomic E-state index is 12.7. The predicted octanol–water partition coefficient (Wildman–Crippen LogP) is 7.62. The van der Waals surface area contributed by atoms with E-state index >= 15 is 0 Å². The van der Waals surface area contributed by atoms with Gasteiger partial charge in [0.1, 0.15) is 36.1 Å². The van der Waals surface area contributed by atoms with Crippen LogP contribution in [0.4, 0.5) is 8.78 Å². The largest absolute Gasteiger partial charge is 0.497 e. The number of esters is 1. The lowest BCUT2D eigenvalue weighted by atomic mass is 9.97. The van der Waals surface area contributed by atoms with E-state index in [0.717, 1.165) is 11.6 Å². The lowest BCUT2D eigenvalue weighted by molar-refractivity contribution is -0.129. The van der Waals surface area contributed by atoms with Crippen LogP contribution in [0.2, 0.25) is 0 Å². The summed E-state index contributed by atoms with van der Waals surface area (Å²) in [6.07, 6.45) is 3.07. The maximum absolute atomic E-state index is 12.7. The molecule has 9 heteroatoms. The molecule has 0 radical (unpaired) electrons. The Bertz CT molecular complexity index is 1290. The highest BCUT2D eigenvalue weighted by Gasteiger charge is 2.16. The molecule has 0 atom stereocenters. The van der Waals surface area contributed by atoms with Crippen LogP contribution in [0.3, 0.4) is 0 Å². The Kier molecular flexibility index (Phi) is 18.0. The molecule has 0 aliphatic carbocycles. The first-order valence-corrected chi connectivity index (χ1v) is 11.7. The van der Waals surface area contributed by atoms with Crippen molar-refractivity contribution in [2.45, 2.75) is 6.92 Å². The molecule has 0 heterocycles. The summed E-state index contributed by atoms with van der Waals surface area (Å²) in [6.45, 7) is 13.7. The Hall–Kier alpha value is -5.31. The first kappa shape index (κ1) is 35.7. The third-order valence-corrected chi connectivity index (χ3v) is 4.62. The van der Waals surface area contributed by atoms with Crippen molar-refractivity contribution >= 4 is 19.0 Å². The molecule has 3 aromatic rings. The summed E-state index contributed by atoms with van der Waals surface area (Å²) in [5.41, 5.74) is 2.59. The molecular weight excluding hydrogens is 534 g/mol. The monoisotopic (exact) mass is 566 g/mol. The third kappa shape index (κ3) is 12.4. The van der Waals surface area contributed by atoms with Gasteiger partial charge in [-0.15, -0.1) is 6.58 Å². The fourth-order valence-electron chi connectivity index (χ4n) is 3.02. The normalized spacial score (nSPS) is 8.80. The van der Waals surface area contributed by atoms with E-state index in [1.807, 2.05) is 13.7 Å². The minimum Gasteiger partial charge on any atom is -0.497 e. The van der Waals surface area contributed by atoms with Gasteiger partial charge in [-0.1, -0.05) is 43.5 Å². The number of hydrogen-bond acceptors (Lipinski definition) is 7. The first-order chi connectivity index (χ1) is 19.8. The molecule has 41 heavy (non-hydrogen) atoms. The van der Waals surface area contributed by atoms with Crippen LogP contribution in [0.5, 0.6) is 23.0 Å². The number of methoxy groups -OCH3 is 2. The number of ether oxygens (including phenoxy) is 4. The molecule has 0 saturated heterocycles. The van der Waals surface area contributed by atoms with Crippen LogP contribution in [0.25, 0.3) is 22.3 Å². The third-order valence-electron chi connectivity index (χ3n) is 4.62. The Morgan fingerprint density at radius 3 is 1.61 bits per heavy atom. The minimum atomic E-state index is -1.96. The van der Waals surface area contributed by atoms with Crippen molar-refractivity contribution in [3.05, 3.63) is 111 Å². The van der Waals surface area contributed by atoms with Crippen molar-refractivity contribution in [1.29, 1.82) is 0 Å². The van der Waals surface area contributed by atoms with E-state index in [2.05, 4.69) is 19.7 Å². The van der Waals surface area contributed by atoms with Crippen molar-refractivity contribution in [2.24, 2.45) is 0 Å². The Morgan fingerprint density at radius 2 is 1.22 bits per heavy atom. The number of allylic oxidation sites excluding steroid dienone is 2. The summed E-state index contributed by atoms with van der Waals surface area (Å²) >= 11 is 0. The van der Waals surface area contributed by atoms with Gasteiger partial charge >= 0.3 is 12.0 Å². The molecule has 0 amide bonds. The fourth-order valence-corrected chi connectivity index (χ4v) is 3.02. The minimum absolute atomic E-state index is 0.209. The van der Waals surface area contributed by atoms with Crippen LogP contribution in [-0.4, -0.2) is 33.3 Å². The molecule has 0 unspecified atom stereocenters. The van der Waals surface area contributed by atoms with Crippen molar-refractivity contribution in [1.82, 2.24) is 0 Å². The van der Waals surface area contributed by atoms with Gasteiger partial charge in [0, 0.05) is 17.2 Å². The van der Waals surface area contributed by atoms with Crippen LogP contribution in [0, 0.1) is 0 Å². The second kappa shape index (κ2) is 20.6. The van der Waals surface area contributed by atoms with Crippen molar-refractivity contribution in [2.75, 3.05) is 14.2 Å². The summed E-state index contributed by atoms with van der Waals surface area (Å²) in [7, 11) is 3.07. The molecule has 0 aromatic heterocycles. The summed E-state index contributed by atoms with van der Waals surface area (Å²) in [5.74, 6) is 1.14. The van der Waals surface area contributed by atoms with Gasteiger partial charge < -0.3 is 23.7 Å². The molecule has 7 nitrogen and oxygen atoms in total. The molecule has 0 aliphatic heterocycles. The number of benzene rings is 3. The van der Waals surface area contributed by atoms with Gasteiger partial charge in [-0.25, -0.2) is 4.79 Å². The van der Waals surface area contributed by atoms with Gasteiger partial charge in [0.05, 0.1) is 14.2 Å². The summed E-state index contributed by atoms with van der Waals surface area (Å²) < 4.78 is 46.6. The van der Waals surface area contributed by atoms with E-state index < -0.39 is 12.0 Å².